The van der Waals surface area contributed by atoms with Crippen LogP contribution in [0.4, 0.5) is 18.9 Å². The van der Waals surface area contributed by atoms with Gasteiger partial charge in [-0.15, -0.1) is 0 Å². The molecule has 160 valence electrons. The van der Waals surface area contributed by atoms with Crippen LogP contribution in [0, 0.1) is 6.92 Å². The summed E-state index contributed by atoms with van der Waals surface area (Å²) in [6.45, 7) is 1.76. The molecule has 2 aromatic carbocycles. The van der Waals surface area contributed by atoms with Crippen molar-refractivity contribution < 1.29 is 31.2 Å². The summed E-state index contributed by atoms with van der Waals surface area (Å²) in [6, 6.07) is 6.69. The van der Waals surface area contributed by atoms with Crippen LogP contribution < -0.4 is 5.32 Å². The minimum atomic E-state index is -4.66. The normalized spacial score (nSPS) is 17.3. The van der Waals surface area contributed by atoms with Gasteiger partial charge in [0.2, 0.25) is 11.8 Å². The quantitative estimate of drug-likeness (QED) is 0.748. The Bertz CT molecular complexity index is 1100. The van der Waals surface area contributed by atoms with Crippen molar-refractivity contribution in [3.63, 3.8) is 0 Å². The lowest BCUT2D eigenvalue weighted by Crippen LogP contribution is -2.45. The molecule has 2 amide bonds. The van der Waals surface area contributed by atoms with Crippen LogP contribution in [0.3, 0.4) is 0 Å². The summed E-state index contributed by atoms with van der Waals surface area (Å²) in [5.74, 6) is -1.72. The number of alkyl halides is 3. The number of hydrogen-bond donors (Lipinski definition) is 1. The molecule has 1 aliphatic heterocycles. The fourth-order valence-electron chi connectivity index (χ4n) is 3.04. The standard InChI is InChI=1S/C19H16ClF3N2O4S/c1-11-2-5-13(6-3-11)30(28,29)25-16(8-9-17(25)26)18(27)24-15-10-12(19(21,22)23)4-7-14(15)20/h2-7,10,16H,8-9H2,1H3,(H,24,27)/t16-/m0/s1. The van der Waals surface area contributed by atoms with E-state index in [2.05, 4.69) is 5.32 Å². The number of anilines is 1. The molecule has 0 aromatic heterocycles. The van der Waals surface area contributed by atoms with Crippen molar-refractivity contribution in [1.82, 2.24) is 4.31 Å². The Morgan fingerprint density at radius 2 is 1.80 bits per heavy atom. The van der Waals surface area contributed by atoms with E-state index in [1.165, 1.54) is 12.1 Å². The molecular formula is C19H16ClF3N2O4S. The average molecular weight is 461 g/mol. The maximum Gasteiger partial charge on any atom is 0.416 e. The number of sulfonamides is 1. The second-order valence-electron chi connectivity index (χ2n) is 6.74. The van der Waals surface area contributed by atoms with E-state index < -0.39 is 39.6 Å². The molecule has 0 saturated carbocycles. The number of hydrogen-bond acceptors (Lipinski definition) is 4. The van der Waals surface area contributed by atoms with Crippen molar-refractivity contribution in [2.45, 2.75) is 36.9 Å². The molecule has 11 heteroatoms. The second kappa shape index (κ2) is 7.92. The van der Waals surface area contributed by atoms with Crippen LogP contribution in [0.2, 0.25) is 5.02 Å². The first kappa shape index (κ1) is 22.1. The van der Waals surface area contributed by atoms with Gasteiger partial charge in [-0.25, -0.2) is 12.7 Å². The first-order chi connectivity index (χ1) is 13.9. The Balaban J connectivity index is 1.91. The maximum atomic E-state index is 12.9. The van der Waals surface area contributed by atoms with E-state index in [1.54, 1.807) is 19.1 Å². The number of rotatable bonds is 4. The molecule has 0 bridgehead atoms. The lowest BCUT2D eigenvalue weighted by molar-refractivity contribution is -0.137. The van der Waals surface area contributed by atoms with E-state index in [9.17, 15) is 31.2 Å². The van der Waals surface area contributed by atoms with Crippen LogP contribution in [-0.4, -0.2) is 30.6 Å². The van der Waals surface area contributed by atoms with Crippen LogP contribution in [0.15, 0.2) is 47.4 Å². The molecule has 1 atom stereocenters. The van der Waals surface area contributed by atoms with E-state index >= 15 is 0 Å². The highest BCUT2D eigenvalue weighted by Gasteiger charge is 2.44. The molecule has 0 radical (unpaired) electrons. The molecule has 3 rings (SSSR count). The van der Waals surface area contributed by atoms with Gasteiger partial charge >= 0.3 is 6.18 Å². The third kappa shape index (κ3) is 4.29. The van der Waals surface area contributed by atoms with Crippen molar-refractivity contribution in [1.29, 1.82) is 0 Å². The van der Waals surface area contributed by atoms with Crippen molar-refractivity contribution in [3.05, 3.63) is 58.6 Å². The summed E-state index contributed by atoms with van der Waals surface area (Å²) in [6.07, 6.45) is -4.96. The highest BCUT2D eigenvalue weighted by Crippen LogP contribution is 2.35. The Morgan fingerprint density at radius 3 is 2.40 bits per heavy atom. The van der Waals surface area contributed by atoms with E-state index in [1.807, 2.05) is 0 Å². The number of carbonyl (C=O) groups is 2. The number of amides is 2. The van der Waals surface area contributed by atoms with E-state index in [4.69, 9.17) is 11.6 Å². The van der Waals surface area contributed by atoms with Crippen LogP contribution in [-0.2, 0) is 25.8 Å². The molecule has 30 heavy (non-hydrogen) atoms. The molecule has 1 saturated heterocycles. The summed E-state index contributed by atoms with van der Waals surface area (Å²) >= 11 is 5.88. The topological polar surface area (TPSA) is 83.6 Å². The first-order valence-corrected chi connectivity index (χ1v) is 10.5. The van der Waals surface area contributed by atoms with Gasteiger partial charge in [-0.1, -0.05) is 29.3 Å². The predicted octanol–water partition coefficient (Wildman–Crippen LogP) is 3.99. The molecule has 0 unspecified atom stereocenters. The van der Waals surface area contributed by atoms with Gasteiger partial charge in [0.05, 0.1) is 21.2 Å². The van der Waals surface area contributed by atoms with E-state index in [-0.39, 0.29) is 28.4 Å². The van der Waals surface area contributed by atoms with Gasteiger partial charge in [0.1, 0.15) is 6.04 Å². The van der Waals surface area contributed by atoms with Crippen molar-refractivity contribution in [2.24, 2.45) is 0 Å². The Kier molecular flexibility index (Phi) is 5.83. The van der Waals surface area contributed by atoms with Crippen LogP contribution in [0.5, 0.6) is 0 Å². The van der Waals surface area contributed by atoms with E-state index in [0.29, 0.717) is 10.4 Å². The number of carbonyl (C=O) groups excluding carboxylic acids is 2. The number of nitrogens with one attached hydrogen (secondary N) is 1. The van der Waals surface area contributed by atoms with Gasteiger partial charge < -0.3 is 5.32 Å². The van der Waals surface area contributed by atoms with Gasteiger partial charge in [0.15, 0.2) is 0 Å². The summed E-state index contributed by atoms with van der Waals surface area (Å²) in [5.41, 5.74) is -0.562. The van der Waals surface area contributed by atoms with Gasteiger partial charge in [-0.3, -0.25) is 9.59 Å². The average Bonchev–Trinajstić information content (AvgIpc) is 3.05. The fraction of sp³-hybridized carbons (Fsp3) is 0.263. The highest BCUT2D eigenvalue weighted by atomic mass is 35.5. The molecule has 2 aromatic rings. The largest absolute Gasteiger partial charge is 0.416 e. The molecular weight excluding hydrogens is 445 g/mol. The third-order valence-corrected chi connectivity index (χ3v) is 6.77. The Morgan fingerprint density at radius 1 is 1.17 bits per heavy atom. The number of benzene rings is 2. The molecule has 1 aliphatic rings. The number of halogens is 4. The Hall–Kier alpha value is -2.59. The SMILES string of the molecule is Cc1ccc(S(=O)(=O)N2C(=O)CC[C@H]2C(=O)Nc2cc(C(F)(F)F)ccc2Cl)cc1. The molecule has 0 spiro atoms. The van der Waals surface area contributed by atoms with Gasteiger partial charge in [-0.05, 0) is 43.7 Å². The van der Waals surface area contributed by atoms with Gasteiger partial charge in [-0.2, -0.15) is 13.2 Å². The summed E-state index contributed by atoms with van der Waals surface area (Å²) in [7, 11) is -4.32. The molecule has 0 aliphatic carbocycles. The zero-order chi connectivity index (χ0) is 22.3. The second-order valence-corrected chi connectivity index (χ2v) is 8.97. The zero-order valence-electron chi connectivity index (χ0n) is 15.5. The van der Waals surface area contributed by atoms with Crippen LogP contribution in [0.25, 0.3) is 0 Å². The summed E-state index contributed by atoms with van der Waals surface area (Å²) in [4.78, 5) is 24.8. The van der Waals surface area contributed by atoms with Crippen molar-refractivity contribution in [3.8, 4) is 0 Å². The highest BCUT2D eigenvalue weighted by molar-refractivity contribution is 7.89. The lowest BCUT2D eigenvalue weighted by atomic mass is 10.1. The van der Waals surface area contributed by atoms with Crippen LogP contribution >= 0.6 is 11.6 Å². The van der Waals surface area contributed by atoms with E-state index in [0.717, 1.165) is 17.7 Å². The Labute approximate surface area is 175 Å². The van der Waals surface area contributed by atoms with Gasteiger partial charge in [0, 0.05) is 6.42 Å². The van der Waals surface area contributed by atoms with Gasteiger partial charge in [0.25, 0.3) is 10.0 Å². The summed E-state index contributed by atoms with van der Waals surface area (Å²) < 4.78 is 65.1. The van der Waals surface area contributed by atoms with Crippen LogP contribution in [0.1, 0.15) is 24.0 Å². The predicted molar refractivity (Wildman–Crippen MR) is 103 cm³/mol. The van der Waals surface area contributed by atoms with Crippen molar-refractivity contribution >= 4 is 39.1 Å². The lowest BCUT2D eigenvalue weighted by Gasteiger charge is -2.24. The fourth-order valence-corrected chi connectivity index (χ4v) is 4.81. The molecule has 6 nitrogen and oxygen atoms in total. The smallest absolute Gasteiger partial charge is 0.323 e. The summed E-state index contributed by atoms with van der Waals surface area (Å²) in [5, 5.41) is 2.06. The first-order valence-electron chi connectivity index (χ1n) is 8.73. The monoisotopic (exact) mass is 460 g/mol. The zero-order valence-corrected chi connectivity index (χ0v) is 17.1. The molecule has 1 fully saturated rings. The number of nitrogens with zero attached hydrogens (tertiary/aromatic N) is 1. The maximum absolute atomic E-state index is 12.9. The minimum absolute atomic E-state index is 0.105. The molecule has 1 N–H and O–H groups in total. The van der Waals surface area contributed by atoms with Crippen molar-refractivity contribution in [2.75, 3.05) is 5.32 Å². The third-order valence-electron chi connectivity index (χ3n) is 4.59. The molecule has 1 heterocycles. The number of aryl methyl sites for hydroxylation is 1. The minimum Gasteiger partial charge on any atom is -0.323 e.